The van der Waals surface area contributed by atoms with Gasteiger partial charge in [-0.3, -0.25) is 10.1 Å². The predicted octanol–water partition coefficient (Wildman–Crippen LogP) is 2.48. The van der Waals surface area contributed by atoms with Gasteiger partial charge in [-0.05, 0) is 12.1 Å². The lowest BCUT2D eigenvalue weighted by molar-refractivity contribution is -0.385. The number of hydrogen-bond donors (Lipinski definition) is 1. The van der Waals surface area contributed by atoms with Gasteiger partial charge in [0, 0.05) is 18.2 Å². The van der Waals surface area contributed by atoms with Gasteiger partial charge in [-0.1, -0.05) is 18.2 Å². The van der Waals surface area contributed by atoms with E-state index in [2.05, 4.69) is 5.32 Å². The zero-order valence-corrected chi connectivity index (χ0v) is 9.13. The molecule has 2 rings (SSSR count). The molecular weight excluding hydrogens is 220 g/mol. The number of nitro benzene ring substituents is 1. The van der Waals surface area contributed by atoms with E-state index in [1.54, 1.807) is 24.5 Å². The molecule has 0 bridgehead atoms. The van der Waals surface area contributed by atoms with Crippen molar-refractivity contribution in [3.05, 3.63) is 64.1 Å². The summed E-state index contributed by atoms with van der Waals surface area (Å²) in [5, 5.41) is 13.9. The smallest absolute Gasteiger partial charge is 0.273 e. The van der Waals surface area contributed by atoms with Crippen LogP contribution in [0.25, 0.3) is 0 Å². The predicted molar refractivity (Wildman–Crippen MR) is 62.3 cm³/mol. The third-order valence-electron chi connectivity index (χ3n) is 2.38. The summed E-state index contributed by atoms with van der Waals surface area (Å²) in [6.07, 6.45) is 1.60. The highest BCUT2D eigenvalue weighted by molar-refractivity contribution is 5.39. The van der Waals surface area contributed by atoms with E-state index in [-0.39, 0.29) is 10.6 Å². The fourth-order valence-electron chi connectivity index (χ4n) is 1.57. The maximum Gasteiger partial charge on any atom is 0.273 e. The summed E-state index contributed by atoms with van der Waals surface area (Å²) in [7, 11) is 0. The van der Waals surface area contributed by atoms with Crippen LogP contribution in [0.5, 0.6) is 0 Å². The summed E-state index contributed by atoms with van der Waals surface area (Å²) in [4.78, 5) is 10.4. The lowest BCUT2D eigenvalue weighted by Gasteiger charge is -2.03. The molecule has 0 fully saturated rings. The number of nitro groups is 1. The SMILES string of the molecule is O=[N+]([O-])c1ccccc1CNCc1ccco1. The maximum absolute atomic E-state index is 10.8. The minimum Gasteiger partial charge on any atom is -0.468 e. The van der Waals surface area contributed by atoms with Crippen molar-refractivity contribution < 1.29 is 9.34 Å². The van der Waals surface area contributed by atoms with Crippen LogP contribution in [-0.4, -0.2) is 4.92 Å². The first-order chi connectivity index (χ1) is 8.27. The Morgan fingerprint density at radius 1 is 1.18 bits per heavy atom. The standard InChI is InChI=1S/C12H12N2O3/c15-14(16)12-6-2-1-4-10(12)8-13-9-11-5-3-7-17-11/h1-7,13H,8-9H2. The van der Waals surface area contributed by atoms with Crippen LogP contribution >= 0.6 is 0 Å². The molecule has 88 valence electrons. The Morgan fingerprint density at radius 2 is 2.00 bits per heavy atom. The number of nitrogens with one attached hydrogen (secondary N) is 1. The Hall–Kier alpha value is -2.14. The minimum atomic E-state index is -0.371. The first-order valence-electron chi connectivity index (χ1n) is 5.23. The van der Waals surface area contributed by atoms with Crippen LogP contribution in [-0.2, 0) is 13.1 Å². The van der Waals surface area contributed by atoms with Crippen molar-refractivity contribution in [2.75, 3.05) is 0 Å². The molecule has 0 unspecified atom stereocenters. The summed E-state index contributed by atoms with van der Waals surface area (Å²) in [6, 6.07) is 10.4. The van der Waals surface area contributed by atoms with Crippen LogP contribution in [0.3, 0.4) is 0 Å². The molecule has 1 aromatic heterocycles. The van der Waals surface area contributed by atoms with Gasteiger partial charge >= 0.3 is 0 Å². The molecule has 0 aliphatic rings. The van der Waals surface area contributed by atoms with Crippen LogP contribution in [0, 0.1) is 10.1 Å². The molecule has 1 heterocycles. The Kier molecular flexibility index (Phi) is 3.52. The van der Waals surface area contributed by atoms with E-state index >= 15 is 0 Å². The second-order valence-corrected chi connectivity index (χ2v) is 3.57. The van der Waals surface area contributed by atoms with Gasteiger partial charge in [0.25, 0.3) is 5.69 Å². The van der Waals surface area contributed by atoms with Crippen LogP contribution in [0.1, 0.15) is 11.3 Å². The highest BCUT2D eigenvalue weighted by Crippen LogP contribution is 2.17. The fraction of sp³-hybridized carbons (Fsp3) is 0.167. The molecule has 0 aliphatic heterocycles. The van der Waals surface area contributed by atoms with Gasteiger partial charge in [0.1, 0.15) is 5.76 Å². The molecular formula is C12H12N2O3. The van der Waals surface area contributed by atoms with Crippen molar-refractivity contribution in [3.63, 3.8) is 0 Å². The zero-order chi connectivity index (χ0) is 12.1. The molecule has 5 heteroatoms. The van der Waals surface area contributed by atoms with Crippen LogP contribution < -0.4 is 5.32 Å². The van der Waals surface area contributed by atoms with Gasteiger partial charge in [-0.2, -0.15) is 0 Å². The molecule has 0 saturated carbocycles. The Morgan fingerprint density at radius 3 is 2.71 bits per heavy atom. The summed E-state index contributed by atoms with van der Waals surface area (Å²) in [6.45, 7) is 0.997. The Balaban J connectivity index is 1.97. The summed E-state index contributed by atoms with van der Waals surface area (Å²) >= 11 is 0. The second kappa shape index (κ2) is 5.27. The summed E-state index contributed by atoms with van der Waals surface area (Å²) < 4.78 is 5.15. The molecule has 0 radical (unpaired) electrons. The monoisotopic (exact) mass is 232 g/mol. The van der Waals surface area contributed by atoms with Gasteiger partial charge in [-0.15, -0.1) is 0 Å². The second-order valence-electron chi connectivity index (χ2n) is 3.57. The Bertz CT molecular complexity index is 494. The van der Waals surface area contributed by atoms with Gasteiger partial charge in [0.15, 0.2) is 0 Å². The van der Waals surface area contributed by atoms with E-state index in [0.29, 0.717) is 18.7 Å². The van der Waals surface area contributed by atoms with E-state index in [1.807, 2.05) is 12.1 Å². The molecule has 0 atom stereocenters. The molecule has 0 amide bonds. The van der Waals surface area contributed by atoms with E-state index < -0.39 is 0 Å². The lowest BCUT2D eigenvalue weighted by Crippen LogP contribution is -2.13. The summed E-state index contributed by atoms with van der Waals surface area (Å²) in [5.74, 6) is 0.809. The fourth-order valence-corrected chi connectivity index (χ4v) is 1.57. The van der Waals surface area contributed by atoms with E-state index in [4.69, 9.17) is 4.42 Å². The first kappa shape index (κ1) is 11.3. The van der Waals surface area contributed by atoms with Gasteiger partial charge < -0.3 is 9.73 Å². The summed E-state index contributed by atoms with van der Waals surface area (Å²) in [5.41, 5.74) is 0.809. The van der Waals surface area contributed by atoms with Crippen LogP contribution in [0.4, 0.5) is 5.69 Å². The van der Waals surface area contributed by atoms with Crippen molar-refractivity contribution in [1.82, 2.24) is 5.32 Å². The topological polar surface area (TPSA) is 68.3 Å². The van der Waals surface area contributed by atoms with Gasteiger partial charge in [-0.25, -0.2) is 0 Å². The molecule has 0 spiro atoms. The van der Waals surface area contributed by atoms with Crippen molar-refractivity contribution in [1.29, 1.82) is 0 Å². The van der Waals surface area contributed by atoms with Gasteiger partial charge in [0.2, 0.25) is 0 Å². The molecule has 1 aromatic carbocycles. The van der Waals surface area contributed by atoms with Crippen molar-refractivity contribution >= 4 is 5.69 Å². The Labute approximate surface area is 98.2 Å². The number of furan rings is 1. The third kappa shape index (κ3) is 2.92. The van der Waals surface area contributed by atoms with Crippen LogP contribution in [0.15, 0.2) is 47.1 Å². The largest absolute Gasteiger partial charge is 0.468 e. The van der Waals surface area contributed by atoms with Crippen molar-refractivity contribution in [3.8, 4) is 0 Å². The molecule has 1 N–H and O–H groups in total. The number of hydrogen-bond acceptors (Lipinski definition) is 4. The quantitative estimate of drug-likeness (QED) is 0.635. The molecule has 17 heavy (non-hydrogen) atoms. The number of para-hydroxylation sites is 1. The maximum atomic E-state index is 10.8. The zero-order valence-electron chi connectivity index (χ0n) is 9.13. The van der Waals surface area contributed by atoms with Gasteiger partial charge in [0.05, 0.1) is 17.7 Å². The normalized spacial score (nSPS) is 10.4. The van der Waals surface area contributed by atoms with Crippen molar-refractivity contribution in [2.45, 2.75) is 13.1 Å². The number of nitrogens with zero attached hydrogens (tertiary/aromatic N) is 1. The van der Waals surface area contributed by atoms with E-state index in [9.17, 15) is 10.1 Å². The van der Waals surface area contributed by atoms with E-state index in [0.717, 1.165) is 5.76 Å². The molecule has 0 saturated heterocycles. The lowest BCUT2D eigenvalue weighted by atomic mass is 10.2. The molecule has 0 aliphatic carbocycles. The number of rotatable bonds is 5. The first-order valence-corrected chi connectivity index (χ1v) is 5.23. The average Bonchev–Trinajstić information content (AvgIpc) is 2.82. The van der Waals surface area contributed by atoms with E-state index in [1.165, 1.54) is 6.07 Å². The molecule has 5 nitrogen and oxygen atoms in total. The molecule has 2 aromatic rings. The average molecular weight is 232 g/mol. The van der Waals surface area contributed by atoms with Crippen molar-refractivity contribution in [2.24, 2.45) is 0 Å². The highest BCUT2D eigenvalue weighted by atomic mass is 16.6. The minimum absolute atomic E-state index is 0.138. The number of benzene rings is 1. The highest BCUT2D eigenvalue weighted by Gasteiger charge is 2.11. The van der Waals surface area contributed by atoms with Crippen LogP contribution in [0.2, 0.25) is 0 Å². The third-order valence-corrected chi connectivity index (χ3v) is 2.38.